The Hall–Kier alpha value is -1.60. The van der Waals surface area contributed by atoms with E-state index in [0.29, 0.717) is 50.3 Å². The van der Waals surface area contributed by atoms with Crippen molar-refractivity contribution in [3.05, 3.63) is 17.4 Å². The number of morpholine rings is 1. The number of hydrogen-bond acceptors (Lipinski definition) is 6. The number of esters is 1. The van der Waals surface area contributed by atoms with Gasteiger partial charge in [0.05, 0.1) is 26.4 Å². The predicted molar refractivity (Wildman–Crippen MR) is 79.9 cm³/mol. The van der Waals surface area contributed by atoms with E-state index >= 15 is 0 Å². The van der Waals surface area contributed by atoms with Gasteiger partial charge in [-0.25, -0.2) is 4.79 Å². The summed E-state index contributed by atoms with van der Waals surface area (Å²) < 4.78 is 21.2. The maximum Gasteiger partial charge on any atom is 0.345 e. The topological polar surface area (TPSA) is 61.1 Å². The maximum absolute atomic E-state index is 11.9. The third kappa shape index (κ3) is 3.74. The molecule has 7 heteroatoms. The van der Waals surface area contributed by atoms with Gasteiger partial charge in [0.15, 0.2) is 5.76 Å². The van der Waals surface area contributed by atoms with Crippen LogP contribution in [0.2, 0.25) is 0 Å². The molecule has 2 rings (SSSR count). The van der Waals surface area contributed by atoms with E-state index < -0.39 is 5.97 Å². The van der Waals surface area contributed by atoms with Gasteiger partial charge in [-0.15, -0.1) is 0 Å². The average molecular weight is 313 g/mol. The van der Waals surface area contributed by atoms with E-state index in [1.807, 2.05) is 11.8 Å². The number of ether oxygens (including phenoxy) is 3. The fourth-order valence-corrected chi connectivity index (χ4v) is 2.27. The van der Waals surface area contributed by atoms with E-state index in [0.717, 1.165) is 0 Å². The molecule has 0 amide bonds. The molecule has 2 heterocycles. The molecule has 116 valence electrons. The van der Waals surface area contributed by atoms with Crippen LogP contribution in [0.5, 0.6) is 5.95 Å². The summed E-state index contributed by atoms with van der Waals surface area (Å²) in [6, 6.07) is 1.58. The second-order valence-corrected chi connectivity index (χ2v) is 4.76. The number of furan rings is 1. The van der Waals surface area contributed by atoms with Crippen molar-refractivity contribution in [2.24, 2.45) is 0 Å². The van der Waals surface area contributed by atoms with Crippen molar-refractivity contribution < 1.29 is 23.4 Å². The first-order chi connectivity index (χ1) is 10.2. The normalized spacial score (nSPS) is 14.9. The molecule has 0 bridgehead atoms. The molecule has 0 atom stereocenters. The first-order valence-electron chi connectivity index (χ1n) is 6.98. The Balaban J connectivity index is 2.21. The smallest absolute Gasteiger partial charge is 0.345 e. The van der Waals surface area contributed by atoms with Gasteiger partial charge in [-0.2, -0.15) is 0 Å². The summed E-state index contributed by atoms with van der Waals surface area (Å²) in [5.74, 6) is 0.126. The van der Waals surface area contributed by atoms with E-state index in [2.05, 4.69) is 0 Å². The highest BCUT2D eigenvalue weighted by Gasteiger charge is 2.25. The minimum absolute atomic E-state index is 0.154. The van der Waals surface area contributed by atoms with Crippen molar-refractivity contribution in [1.29, 1.82) is 0 Å². The van der Waals surface area contributed by atoms with Crippen LogP contribution in [0, 0.1) is 0 Å². The van der Waals surface area contributed by atoms with Crippen LogP contribution in [0.3, 0.4) is 0 Å². The lowest BCUT2D eigenvalue weighted by Crippen LogP contribution is -2.40. The lowest BCUT2D eigenvalue weighted by Gasteiger charge is -2.27. The molecule has 0 aromatic carbocycles. The molecule has 1 aliphatic rings. The Kier molecular flexibility index (Phi) is 5.58. The first kappa shape index (κ1) is 15.8. The number of rotatable bonds is 5. The standard InChI is InChI=1S/C14H19NO5S/c1-3-18-13(16)10-9-11(20-14(10)19-4-2)12(21)15-5-7-17-8-6-15/h9H,3-8H2,1-2H3. The van der Waals surface area contributed by atoms with E-state index in [-0.39, 0.29) is 11.5 Å². The van der Waals surface area contributed by atoms with Crippen molar-refractivity contribution in [3.63, 3.8) is 0 Å². The molecule has 0 radical (unpaired) electrons. The lowest BCUT2D eigenvalue weighted by atomic mass is 10.3. The highest BCUT2D eigenvalue weighted by Crippen LogP contribution is 2.26. The summed E-state index contributed by atoms with van der Waals surface area (Å²) in [6.45, 7) is 6.92. The van der Waals surface area contributed by atoms with Crippen LogP contribution in [0.4, 0.5) is 0 Å². The Labute approximate surface area is 128 Å². The monoisotopic (exact) mass is 313 g/mol. The second-order valence-electron chi connectivity index (χ2n) is 4.37. The zero-order chi connectivity index (χ0) is 15.2. The van der Waals surface area contributed by atoms with Gasteiger partial charge < -0.3 is 23.5 Å². The molecule has 1 saturated heterocycles. The maximum atomic E-state index is 11.9. The Morgan fingerprint density at radius 1 is 1.33 bits per heavy atom. The van der Waals surface area contributed by atoms with Crippen LogP contribution < -0.4 is 4.74 Å². The predicted octanol–water partition coefficient (Wildman–Crippen LogP) is 1.86. The van der Waals surface area contributed by atoms with Crippen LogP contribution in [-0.2, 0) is 9.47 Å². The first-order valence-corrected chi connectivity index (χ1v) is 7.39. The average Bonchev–Trinajstić information content (AvgIpc) is 2.92. The van der Waals surface area contributed by atoms with Gasteiger partial charge in [-0.05, 0) is 13.8 Å². The summed E-state index contributed by atoms with van der Waals surface area (Å²) in [5.41, 5.74) is 0.268. The molecular formula is C14H19NO5S. The Morgan fingerprint density at radius 3 is 2.67 bits per heavy atom. The van der Waals surface area contributed by atoms with Gasteiger partial charge in [0.2, 0.25) is 0 Å². The zero-order valence-corrected chi connectivity index (χ0v) is 13.0. The summed E-state index contributed by atoms with van der Waals surface area (Å²) in [6.07, 6.45) is 0. The van der Waals surface area contributed by atoms with Crippen molar-refractivity contribution in [2.75, 3.05) is 39.5 Å². The molecule has 1 aliphatic heterocycles. The molecule has 0 N–H and O–H groups in total. The highest BCUT2D eigenvalue weighted by molar-refractivity contribution is 7.80. The zero-order valence-electron chi connectivity index (χ0n) is 12.2. The fourth-order valence-electron chi connectivity index (χ4n) is 1.99. The van der Waals surface area contributed by atoms with Gasteiger partial charge in [0, 0.05) is 19.2 Å². The van der Waals surface area contributed by atoms with Crippen LogP contribution in [0.15, 0.2) is 10.5 Å². The molecule has 0 spiro atoms. The minimum atomic E-state index is -0.472. The quantitative estimate of drug-likeness (QED) is 0.607. The number of thiocarbonyl (C=S) groups is 1. The van der Waals surface area contributed by atoms with Gasteiger partial charge in [0.1, 0.15) is 10.6 Å². The van der Waals surface area contributed by atoms with E-state index in [1.54, 1.807) is 13.0 Å². The van der Waals surface area contributed by atoms with Crippen molar-refractivity contribution in [2.45, 2.75) is 13.8 Å². The molecule has 1 aromatic rings. The summed E-state index contributed by atoms with van der Waals surface area (Å²) >= 11 is 5.42. The van der Waals surface area contributed by atoms with E-state index in [9.17, 15) is 4.79 Å². The number of nitrogens with zero attached hydrogens (tertiary/aromatic N) is 1. The molecular weight excluding hydrogens is 294 g/mol. The molecule has 1 fully saturated rings. The molecule has 6 nitrogen and oxygen atoms in total. The fraction of sp³-hybridized carbons (Fsp3) is 0.571. The van der Waals surface area contributed by atoms with Crippen LogP contribution in [-0.4, -0.2) is 55.4 Å². The third-order valence-electron chi connectivity index (χ3n) is 2.98. The van der Waals surface area contributed by atoms with Crippen molar-refractivity contribution in [1.82, 2.24) is 4.90 Å². The van der Waals surface area contributed by atoms with Gasteiger partial charge in [-0.3, -0.25) is 0 Å². The summed E-state index contributed by atoms with van der Waals surface area (Å²) in [5, 5.41) is 0. The molecule has 1 aromatic heterocycles. The van der Waals surface area contributed by atoms with E-state index in [1.165, 1.54) is 0 Å². The molecule has 0 unspecified atom stereocenters. The Bertz CT molecular complexity index is 507. The number of carbonyl (C=O) groups is 1. The molecule has 0 aliphatic carbocycles. The van der Waals surface area contributed by atoms with Gasteiger partial charge in [0.25, 0.3) is 5.95 Å². The molecule has 0 saturated carbocycles. The van der Waals surface area contributed by atoms with Crippen molar-refractivity contribution >= 4 is 23.2 Å². The second kappa shape index (κ2) is 7.42. The Morgan fingerprint density at radius 2 is 2.05 bits per heavy atom. The SMILES string of the molecule is CCOC(=O)c1cc(C(=S)N2CCOCC2)oc1OCC. The van der Waals surface area contributed by atoms with Gasteiger partial charge >= 0.3 is 5.97 Å². The van der Waals surface area contributed by atoms with E-state index in [4.69, 9.17) is 30.8 Å². The highest BCUT2D eigenvalue weighted by atomic mass is 32.1. The molecule has 21 heavy (non-hydrogen) atoms. The number of hydrogen-bond donors (Lipinski definition) is 0. The third-order valence-corrected chi connectivity index (χ3v) is 3.44. The van der Waals surface area contributed by atoms with Crippen LogP contribution in [0.1, 0.15) is 30.0 Å². The van der Waals surface area contributed by atoms with Gasteiger partial charge in [-0.1, -0.05) is 12.2 Å². The van der Waals surface area contributed by atoms with Crippen LogP contribution >= 0.6 is 12.2 Å². The van der Waals surface area contributed by atoms with Crippen LogP contribution in [0.25, 0.3) is 0 Å². The summed E-state index contributed by atoms with van der Waals surface area (Å²) in [7, 11) is 0. The minimum Gasteiger partial charge on any atom is -0.465 e. The lowest BCUT2D eigenvalue weighted by molar-refractivity contribution is 0.0519. The largest absolute Gasteiger partial charge is 0.465 e. The summed E-state index contributed by atoms with van der Waals surface area (Å²) in [4.78, 5) is 14.5. The van der Waals surface area contributed by atoms with Crippen molar-refractivity contribution in [3.8, 4) is 5.95 Å². The number of carbonyl (C=O) groups excluding carboxylic acids is 1.